The highest BCUT2D eigenvalue weighted by Gasteiger charge is 2.32. The first-order valence-corrected chi connectivity index (χ1v) is 5.93. The van der Waals surface area contributed by atoms with Crippen LogP contribution in [0.25, 0.3) is 0 Å². The van der Waals surface area contributed by atoms with Gasteiger partial charge in [-0.15, -0.1) is 0 Å². The number of hydrogen-bond donors (Lipinski definition) is 0. The molecule has 3 aliphatic carbocycles. The van der Waals surface area contributed by atoms with Gasteiger partial charge >= 0.3 is 0 Å². The van der Waals surface area contributed by atoms with Crippen LogP contribution in [0.15, 0.2) is 22.7 Å². The van der Waals surface area contributed by atoms with Crippen LogP contribution in [0.3, 0.4) is 0 Å². The Morgan fingerprint density at radius 3 is 2.23 bits per heavy atom. The van der Waals surface area contributed by atoms with Crippen molar-refractivity contribution in [3.63, 3.8) is 0 Å². The molecule has 68 valence electrons. The predicted octanol–water partition coefficient (Wildman–Crippen LogP) is 4.20. The van der Waals surface area contributed by atoms with Crippen molar-refractivity contribution in [3.8, 4) is 0 Å². The molecule has 3 aliphatic rings. The highest BCUT2D eigenvalue weighted by Crippen LogP contribution is 2.49. The second kappa shape index (κ2) is 2.84. The topological polar surface area (TPSA) is 0 Å². The molecule has 4 rings (SSSR count). The van der Waals surface area contributed by atoms with E-state index in [4.69, 9.17) is 0 Å². The average Bonchev–Trinajstić information content (AvgIpc) is 2.19. The molecule has 0 atom stereocenters. The lowest BCUT2D eigenvalue weighted by Gasteiger charge is -2.38. The van der Waals surface area contributed by atoms with E-state index in [2.05, 4.69) is 34.1 Å². The molecule has 1 aromatic carbocycles. The van der Waals surface area contributed by atoms with Crippen LogP contribution in [-0.4, -0.2) is 0 Å². The van der Waals surface area contributed by atoms with Gasteiger partial charge in [0.05, 0.1) is 0 Å². The molecule has 0 nitrogen and oxygen atoms in total. The number of rotatable bonds is 0. The van der Waals surface area contributed by atoms with Crippen molar-refractivity contribution in [2.45, 2.75) is 37.5 Å². The van der Waals surface area contributed by atoms with Gasteiger partial charge in [-0.3, -0.25) is 0 Å². The fourth-order valence-electron chi connectivity index (χ4n) is 2.99. The molecule has 1 heteroatoms. The molecule has 0 N–H and O–H groups in total. The fourth-order valence-corrected chi connectivity index (χ4v) is 3.37. The molecule has 0 aliphatic heterocycles. The number of hydrogen-bond acceptors (Lipinski definition) is 0. The first-order chi connectivity index (χ1) is 6.34. The van der Waals surface area contributed by atoms with Gasteiger partial charge in [0.1, 0.15) is 0 Å². The molecule has 0 amide bonds. The Hall–Kier alpha value is -0.300. The first kappa shape index (κ1) is 8.05. The smallest absolute Gasteiger partial charge is 0.0178 e. The van der Waals surface area contributed by atoms with E-state index in [1.807, 2.05) is 0 Å². The second-order valence-electron chi connectivity index (χ2n) is 4.32. The lowest BCUT2D eigenvalue weighted by molar-refractivity contribution is 0.358. The van der Waals surface area contributed by atoms with Gasteiger partial charge in [-0.25, -0.2) is 0 Å². The standard InChI is InChI=1S/C12H13Br/c13-10-5-6-11-8-1-3-9(4-2-8)12(11)7-10/h5-9H,1-4H2. The highest BCUT2D eigenvalue weighted by atomic mass is 79.9. The summed E-state index contributed by atoms with van der Waals surface area (Å²) in [6.45, 7) is 0. The summed E-state index contributed by atoms with van der Waals surface area (Å²) in [6, 6.07) is 6.86. The lowest BCUT2D eigenvalue weighted by Crippen LogP contribution is -2.21. The maximum Gasteiger partial charge on any atom is 0.0178 e. The summed E-state index contributed by atoms with van der Waals surface area (Å²) in [5.41, 5.74) is 3.28. The maximum atomic E-state index is 3.56. The zero-order valence-corrected chi connectivity index (χ0v) is 9.18. The van der Waals surface area contributed by atoms with Crippen molar-refractivity contribution in [3.05, 3.63) is 33.8 Å². The molecule has 0 spiro atoms. The fraction of sp³-hybridized carbons (Fsp3) is 0.500. The van der Waals surface area contributed by atoms with Gasteiger partial charge in [0, 0.05) is 4.47 Å². The van der Waals surface area contributed by atoms with Crippen molar-refractivity contribution in [2.24, 2.45) is 0 Å². The van der Waals surface area contributed by atoms with Gasteiger partial charge in [-0.05, 0) is 60.8 Å². The van der Waals surface area contributed by atoms with Crippen LogP contribution >= 0.6 is 15.9 Å². The SMILES string of the molecule is Brc1ccc2c(c1)C1CCC2CC1. The van der Waals surface area contributed by atoms with Crippen LogP contribution in [0.5, 0.6) is 0 Å². The van der Waals surface area contributed by atoms with Crippen LogP contribution in [0.4, 0.5) is 0 Å². The van der Waals surface area contributed by atoms with E-state index in [1.165, 1.54) is 30.2 Å². The molecule has 1 fully saturated rings. The van der Waals surface area contributed by atoms with Crippen LogP contribution in [0.2, 0.25) is 0 Å². The van der Waals surface area contributed by atoms with E-state index < -0.39 is 0 Å². The minimum absolute atomic E-state index is 0.873. The summed E-state index contributed by atoms with van der Waals surface area (Å²) in [5.74, 6) is 1.76. The molecule has 0 radical (unpaired) electrons. The van der Waals surface area contributed by atoms with Crippen molar-refractivity contribution >= 4 is 15.9 Å². The van der Waals surface area contributed by atoms with Crippen LogP contribution in [0.1, 0.15) is 48.6 Å². The minimum atomic E-state index is 0.873. The Kier molecular flexibility index (Phi) is 1.76. The monoisotopic (exact) mass is 236 g/mol. The minimum Gasteiger partial charge on any atom is -0.0574 e. The number of halogens is 1. The molecular formula is C12H13Br. The van der Waals surface area contributed by atoms with Gasteiger partial charge < -0.3 is 0 Å². The third kappa shape index (κ3) is 1.17. The van der Waals surface area contributed by atoms with E-state index in [9.17, 15) is 0 Å². The third-order valence-corrected chi connectivity index (χ3v) is 4.15. The van der Waals surface area contributed by atoms with E-state index in [0.717, 1.165) is 11.8 Å². The Morgan fingerprint density at radius 2 is 1.54 bits per heavy atom. The Bertz CT molecular complexity index is 335. The van der Waals surface area contributed by atoms with E-state index in [-0.39, 0.29) is 0 Å². The van der Waals surface area contributed by atoms with Crippen molar-refractivity contribution in [1.29, 1.82) is 0 Å². The van der Waals surface area contributed by atoms with Crippen molar-refractivity contribution in [2.75, 3.05) is 0 Å². The van der Waals surface area contributed by atoms with E-state index in [0.29, 0.717) is 0 Å². The second-order valence-corrected chi connectivity index (χ2v) is 5.24. The average molecular weight is 237 g/mol. The van der Waals surface area contributed by atoms with Gasteiger partial charge in [-0.1, -0.05) is 22.0 Å². The largest absolute Gasteiger partial charge is 0.0574 e. The molecule has 2 bridgehead atoms. The summed E-state index contributed by atoms with van der Waals surface area (Å²) in [5, 5.41) is 0. The quantitative estimate of drug-likeness (QED) is 0.634. The zero-order valence-electron chi connectivity index (χ0n) is 7.59. The number of benzene rings is 1. The predicted molar refractivity (Wildman–Crippen MR) is 58.1 cm³/mol. The normalized spacial score (nSPS) is 30.2. The summed E-state index contributed by atoms with van der Waals surface area (Å²) in [6.07, 6.45) is 5.71. The summed E-state index contributed by atoms with van der Waals surface area (Å²) < 4.78 is 1.25. The lowest BCUT2D eigenvalue weighted by atomic mass is 9.67. The molecule has 0 aromatic heterocycles. The molecule has 13 heavy (non-hydrogen) atoms. The molecule has 1 aromatic rings. The first-order valence-electron chi connectivity index (χ1n) is 5.14. The number of fused-ring (bicyclic) bond motifs is 2. The molecule has 0 unspecified atom stereocenters. The molecular weight excluding hydrogens is 224 g/mol. The Labute approximate surface area is 87.5 Å². The molecule has 1 saturated carbocycles. The van der Waals surface area contributed by atoms with Crippen molar-refractivity contribution in [1.82, 2.24) is 0 Å². The summed E-state index contributed by atoms with van der Waals surface area (Å²) in [7, 11) is 0. The van der Waals surface area contributed by atoms with Crippen LogP contribution < -0.4 is 0 Å². The highest BCUT2D eigenvalue weighted by molar-refractivity contribution is 9.10. The van der Waals surface area contributed by atoms with Gasteiger partial charge in [0.25, 0.3) is 0 Å². The van der Waals surface area contributed by atoms with Crippen LogP contribution in [0, 0.1) is 0 Å². The van der Waals surface area contributed by atoms with Crippen LogP contribution in [-0.2, 0) is 0 Å². The molecule has 0 saturated heterocycles. The Morgan fingerprint density at radius 1 is 0.923 bits per heavy atom. The third-order valence-electron chi connectivity index (χ3n) is 3.66. The summed E-state index contributed by atoms with van der Waals surface area (Å²) >= 11 is 3.56. The summed E-state index contributed by atoms with van der Waals surface area (Å²) in [4.78, 5) is 0. The molecule has 0 heterocycles. The van der Waals surface area contributed by atoms with Gasteiger partial charge in [0.15, 0.2) is 0 Å². The van der Waals surface area contributed by atoms with E-state index in [1.54, 1.807) is 11.1 Å². The van der Waals surface area contributed by atoms with E-state index >= 15 is 0 Å². The maximum absolute atomic E-state index is 3.56. The van der Waals surface area contributed by atoms with Gasteiger partial charge in [0.2, 0.25) is 0 Å². The Balaban J connectivity index is 2.18. The zero-order chi connectivity index (χ0) is 8.84. The van der Waals surface area contributed by atoms with Gasteiger partial charge in [-0.2, -0.15) is 0 Å². The van der Waals surface area contributed by atoms with Crippen molar-refractivity contribution < 1.29 is 0 Å².